The van der Waals surface area contributed by atoms with E-state index >= 15 is 0 Å². The quantitative estimate of drug-likeness (QED) is 0.607. The van der Waals surface area contributed by atoms with E-state index in [2.05, 4.69) is 66.6 Å². The first kappa shape index (κ1) is 20.5. The largest absolute Gasteiger partial charge is 0.340 e. The second kappa shape index (κ2) is 8.56. The Morgan fingerprint density at radius 3 is 2.70 bits per heavy atom. The molecular formula is C24H32N6. The van der Waals surface area contributed by atoms with Gasteiger partial charge in [0.25, 0.3) is 0 Å². The molecule has 30 heavy (non-hydrogen) atoms. The van der Waals surface area contributed by atoms with Gasteiger partial charge in [-0.05, 0) is 78.3 Å². The summed E-state index contributed by atoms with van der Waals surface area (Å²) in [6.45, 7) is 12.8. The van der Waals surface area contributed by atoms with E-state index in [-0.39, 0.29) is 0 Å². The van der Waals surface area contributed by atoms with Crippen molar-refractivity contribution >= 4 is 11.5 Å². The van der Waals surface area contributed by atoms with Crippen LogP contribution in [0.5, 0.6) is 0 Å². The van der Waals surface area contributed by atoms with Crippen LogP contribution >= 0.6 is 0 Å². The van der Waals surface area contributed by atoms with E-state index < -0.39 is 0 Å². The van der Waals surface area contributed by atoms with Crippen LogP contribution in [0.15, 0.2) is 36.5 Å². The molecule has 0 saturated carbocycles. The van der Waals surface area contributed by atoms with Crippen molar-refractivity contribution in [3.05, 3.63) is 64.9 Å². The molecule has 1 aliphatic heterocycles. The van der Waals surface area contributed by atoms with Gasteiger partial charge < -0.3 is 5.32 Å². The minimum absolute atomic E-state index is 0.329. The van der Waals surface area contributed by atoms with E-state index in [4.69, 9.17) is 10.1 Å². The van der Waals surface area contributed by atoms with Crippen molar-refractivity contribution in [3.63, 3.8) is 0 Å². The third kappa shape index (κ3) is 4.24. The molecule has 1 unspecified atom stereocenters. The second-order valence-electron chi connectivity index (χ2n) is 8.58. The van der Waals surface area contributed by atoms with Gasteiger partial charge in [-0.25, -0.2) is 4.98 Å². The molecule has 0 spiro atoms. The van der Waals surface area contributed by atoms with Crippen molar-refractivity contribution in [3.8, 4) is 0 Å². The van der Waals surface area contributed by atoms with Gasteiger partial charge in [0.15, 0.2) is 0 Å². The monoisotopic (exact) mass is 404 g/mol. The lowest BCUT2D eigenvalue weighted by Crippen LogP contribution is -2.24. The predicted molar refractivity (Wildman–Crippen MR) is 121 cm³/mol. The van der Waals surface area contributed by atoms with E-state index in [1.54, 1.807) is 6.20 Å². The molecule has 158 valence electrons. The maximum atomic E-state index is 4.90. The number of hydrogen-bond acceptors (Lipinski definition) is 5. The lowest BCUT2D eigenvalue weighted by molar-refractivity contribution is 0.243. The Hall–Kier alpha value is -2.73. The van der Waals surface area contributed by atoms with Crippen LogP contribution in [-0.4, -0.2) is 31.2 Å². The van der Waals surface area contributed by atoms with Crippen LogP contribution in [0.2, 0.25) is 0 Å². The number of pyridine rings is 2. The first-order chi connectivity index (χ1) is 14.4. The molecule has 6 nitrogen and oxygen atoms in total. The minimum atomic E-state index is 0.329. The van der Waals surface area contributed by atoms with Gasteiger partial charge in [0, 0.05) is 41.4 Å². The number of rotatable bonds is 6. The van der Waals surface area contributed by atoms with E-state index in [0.29, 0.717) is 12.1 Å². The average Bonchev–Trinajstić information content (AvgIpc) is 3.28. The van der Waals surface area contributed by atoms with E-state index in [9.17, 15) is 0 Å². The summed E-state index contributed by atoms with van der Waals surface area (Å²) in [6.07, 6.45) is 4.13. The van der Waals surface area contributed by atoms with E-state index in [1.807, 2.05) is 18.2 Å². The molecule has 0 aromatic carbocycles. The van der Waals surface area contributed by atoms with Gasteiger partial charge in [0.2, 0.25) is 0 Å². The van der Waals surface area contributed by atoms with Gasteiger partial charge in [-0.2, -0.15) is 5.10 Å². The van der Waals surface area contributed by atoms with Gasteiger partial charge in [-0.15, -0.1) is 0 Å². The minimum Gasteiger partial charge on any atom is -0.340 e. The Kier molecular flexibility index (Phi) is 5.86. The fourth-order valence-corrected chi connectivity index (χ4v) is 4.50. The summed E-state index contributed by atoms with van der Waals surface area (Å²) in [7, 11) is 0. The third-order valence-electron chi connectivity index (χ3n) is 5.94. The summed E-state index contributed by atoms with van der Waals surface area (Å²) in [5.74, 6) is 0.852. The van der Waals surface area contributed by atoms with Crippen LogP contribution in [0.25, 0.3) is 0 Å². The highest BCUT2D eigenvalue weighted by molar-refractivity contribution is 5.57. The molecule has 0 aliphatic carbocycles. The molecule has 1 atom stereocenters. The normalized spacial score (nSPS) is 17.1. The van der Waals surface area contributed by atoms with Crippen LogP contribution in [-0.2, 0) is 6.54 Å². The molecule has 1 aliphatic rings. The smallest absolute Gasteiger partial charge is 0.130 e. The molecule has 0 bridgehead atoms. The van der Waals surface area contributed by atoms with Crippen LogP contribution in [0.4, 0.5) is 11.5 Å². The Balaban J connectivity index is 1.58. The van der Waals surface area contributed by atoms with Crippen molar-refractivity contribution in [1.82, 2.24) is 24.6 Å². The van der Waals surface area contributed by atoms with Gasteiger partial charge in [0.05, 0.1) is 17.4 Å². The number of nitrogens with one attached hydrogen (secondary N) is 1. The molecule has 3 aromatic heterocycles. The Bertz CT molecular complexity index is 1010. The molecular weight excluding hydrogens is 372 g/mol. The molecule has 0 radical (unpaired) electrons. The molecule has 1 N–H and O–H groups in total. The highest BCUT2D eigenvalue weighted by Crippen LogP contribution is 2.35. The second-order valence-corrected chi connectivity index (χ2v) is 8.58. The number of anilines is 2. The molecule has 3 aromatic rings. The van der Waals surface area contributed by atoms with Gasteiger partial charge in [-0.3, -0.25) is 14.6 Å². The summed E-state index contributed by atoms with van der Waals surface area (Å²) < 4.78 is 2.15. The zero-order valence-electron chi connectivity index (χ0n) is 18.7. The van der Waals surface area contributed by atoms with Gasteiger partial charge >= 0.3 is 0 Å². The summed E-state index contributed by atoms with van der Waals surface area (Å²) in [6, 6.07) is 10.9. The third-order valence-corrected chi connectivity index (χ3v) is 5.94. The Morgan fingerprint density at radius 2 is 2.00 bits per heavy atom. The molecule has 0 amide bonds. The van der Waals surface area contributed by atoms with Crippen LogP contribution in [0, 0.1) is 20.8 Å². The first-order valence-electron chi connectivity index (χ1n) is 10.9. The average molecular weight is 405 g/mol. The van der Waals surface area contributed by atoms with Crippen molar-refractivity contribution in [2.45, 2.75) is 66.1 Å². The Labute approximate surface area is 179 Å². The summed E-state index contributed by atoms with van der Waals surface area (Å²) in [5, 5.41) is 8.21. The maximum absolute atomic E-state index is 4.90. The van der Waals surface area contributed by atoms with Crippen molar-refractivity contribution < 1.29 is 0 Å². The lowest BCUT2D eigenvalue weighted by Gasteiger charge is -2.25. The number of hydrogen-bond donors (Lipinski definition) is 1. The molecule has 6 heteroatoms. The van der Waals surface area contributed by atoms with E-state index in [0.717, 1.165) is 48.1 Å². The zero-order chi connectivity index (χ0) is 21.3. The lowest BCUT2D eigenvalue weighted by atomic mass is 10.1. The first-order valence-corrected chi connectivity index (χ1v) is 10.9. The number of aryl methyl sites for hydroxylation is 2. The highest BCUT2D eigenvalue weighted by Gasteiger charge is 2.29. The van der Waals surface area contributed by atoms with Crippen LogP contribution in [0.1, 0.15) is 67.1 Å². The Morgan fingerprint density at radius 1 is 1.17 bits per heavy atom. The van der Waals surface area contributed by atoms with Crippen LogP contribution in [0.3, 0.4) is 0 Å². The predicted octanol–water partition coefficient (Wildman–Crippen LogP) is 5.26. The topological polar surface area (TPSA) is 58.9 Å². The van der Waals surface area contributed by atoms with Crippen molar-refractivity contribution in [2.75, 3.05) is 11.9 Å². The standard InChI is InChI=1S/C24H32N6/c1-16(2)30-19(5)21(18(4)28-30)15-29-12-8-9-23(29)22-14-20(13-17(3)26-22)27-24-10-6-7-11-25-24/h6-7,10-11,13-14,16,23H,8-9,12,15H2,1-5H3,(H,25,26,27). The van der Waals surface area contributed by atoms with Crippen molar-refractivity contribution in [1.29, 1.82) is 0 Å². The molecule has 1 saturated heterocycles. The zero-order valence-corrected chi connectivity index (χ0v) is 18.7. The van der Waals surface area contributed by atoms with Gasteiger partial charge in [0.1, 0.15) is 5.82 Å². The molecule has 4 heterocycles. The number of nitrogens with zero attached hydrogens (tertiary/aromatic N) is 5. The van der Waals surface area contributed by atoms with Crippen LogP contribution < -0.4 is 5.32 Å². The highest BCUT2D eigenvalue weighted by atomic mass is 15.3. The SMILES string of the molecule is Cc1cc(Nc2ccccn2)cc(C2CCCN2Cc2c(C)nn(C(C)C)c2C)n1. The fourth-order valence-electron chi connectivity index (χ4n) is 4.50. The molecule has 1 fully saturated rings. The fraction of sp³-hybridized carbons (Fsp3) is 0.458. The van der Waals surface area contributed by atoms with Gasteiger partial charge in [-0.1, -0.05) is 6.07 Å². The summed E-state index contributed by atoms with van der Waals surface area (Å²) in [5.41, 5.74) is 6.98. The summed E-state index contributed by atoms with van der Waals surface area (Å²) in [4.78, 5) is 11.9. The molecule has 4 rings (SSSR count). The number of aromatic nitrogens is 4. The maximum Gasteiger partial charge on any atom is 0.130 e. The van der Waals surface area contributed by atoms with Crippen molar-refractivity contribution in [2.24, 2.45) is 0 Å². The van der Waals surface area contributed by atoms with E-state index in [1.165, 1.54) is 17.7 Å². The number of likely N-dealkylation sites (tertiary alicyclic amines) is 1. The summed E-state index contributed by atoms with van der Waals surface area (Å²) >= 11 is 0.